The quantitative estimate of drug-likeness (QED) is 0.474. The number of rotatable bonds is 6. The van der Waals surface area contributed by atoms with Crippen LogP contribution in [0, 0.1) is 11.7 Å². The van der Waals surface area contributed by atoms with Gasteiger partial charge in [-0.25, -0.2) is 14.0 Å². The van der Waals surface area contributed by atoms with Crippen molar-refractivity contribution in [3.05, 3.63) is 83.7 Å². The molecule has 0 fully saturated rings. The van der Waals surface area contributed by atoms with Gasteiger partial charge >= 0.3 is 12.0 Å². The first kappa shape index (κ1) is 23.9. The van der Waals surface area contributed by atoms with Gasteiger partial charge in [-0.2, -0.15) is 0 Å². The molecule has 3 amide bonds. The third-order valence-electron chi connectivity index (χ3n) is 5.91. The zero-order valence-corrected chi connectivity index (χ0v) is 19.7. The summed E-state index contributed by atoms with van der Waals surface area (Å²) < 4.78 is 18.2. The van der Waals surface area contributed by atoms with Crippen LogP contribution in [0.2, 0.25) is 0 Å². The van der Waals surface area contributed by atoms with Gasteiger partial charge in [0, 0.05) is 23.5 Å². The van der Waals surface area contributed by atoms with Crippen LogP contribution in [0.4, 0.5) is 20.6 Å². The van der Waals surface area contributed by atoms with Crippen molar-refractivity contribution in [2.45, 2.75) is 26.4 Å². The predicted octanol–water partition coefficient (Wildman–Crippen LogP) is 5.29. The summed E-state index contributed by atoms with van der Waals surface area (Å²) in [5.41, 5.74) is 4.17. The number of anilines is 2. The van der Waals surface area contributed by atoms with Gasteiger partial charge in [0.05, 0.1) is 7.11 Å². The highest BCUT2D eigenvalue weighted by molar-refractivity contribution is 6.01. The topological polar surface area (TPSA) is 87.7 Å². The molecule has 0 unspecified atom stereocenters. The molecule has 0 spiro atoms. The maximum absolute atomic E-state index is 13.3. The molecular weight excluding hydrogens is 449 g/mol. The van der Waals surface area contributed by atoms with Crippen LogP contribution >= 0.6 is 0 Å². The fraction of sp³-hybridized carbons (Fsp3) is 0.222. The van der Waals surface area contributed by atoms with E-state index in [-0.39, 0.29) is 11.8 Å². The largest absolute Gasteiger partial charge is 0.467 e. The number of carbonyl (C=O) groups is 3. The smallest absolute Gasteiger partial charge is 0.328 e. The Kier molecular flexibility index (Phi) is 6.82. The highest BCUT2D eigenvalue weighted by atomic mass is 19.1. The zero-order valence-electron chi connectivity index (χ0n) is 19.7. The van der Waals surface area contributed by atoms with Gasteiger partial charge in [0.25, 0.3) is 5.91 Å². The van der Waals surface area contributed by atoms with Gasteiger partial charge in [-0.1, -0.05) is 38.1 Å². The zero-order chi connectivity index (χ0) is 25.1. The standard InChI is InChI=1S/C27H26FN3O4/c1-16(2)24(26(33)35-3)31-15-19-13-18(9-12-23(19)25(31)32)17-7-10-21(11-8-17)29-27(34)30-22-6-4-5-20(28)14-22/h4-14,16,24H,15H2,1-3H3,(H2,29,30,34)/t24-/m0/s1. The van der Waals surface area contributed by atoms with Crippen molar-refractivity contribution in [2.24, 2.45) is 5.92 Å². The summed E-state index contributed by atoms with van der Waals surface area (Å²) in [5.74, 6) is -1.12. The van der Waals surface area contributed by atoms with Crippen LogP contribution in [0.1, 0.15) is 29.8 Å². The van der Waals surface area contributed by atoms with Crippen molar-refractivity contribution in [1.29, 1.82) is 0 Å². The number of fused-ring (bicyclic) bond motifs is 1. The third kappa shape index (κ3) is 5.16. The van der Waals surface area contributed by atoms with E-state index in [0.29, 0.717) is 23.5 Å². The van der Waals surface area contributed by atoms with Crippen LogP contribution in [0.25, 0.3) is 11.1 Å². The Morgan fingerprint density at radius 3 is 2.29 bits per heavy atom. The molecule has 1 atom stereocenters. The lowest BCUT2D eigenvalue weighted by Crippen LogP contribution is -2.45. The van der Waals surface area contributed by atoms with Gasteiger partial charge in [-0.15, -0.1) is 0 Å². The Morgan fingerprint density at radius 2 is 1.63 bits per heavy atom. The maximum atomic E-state index is 13.3. The molecule has 4 rings (SSSR count). The Morgan fingerprint density at radius 1 is 0.943 bits per heavy atom. The van der Waals surface area contributed by atoms with Gasteiger partial charge in [0.1, 0.15) is 11.9 Å². The minimum Gasteiger partial charge on any atom is -0.467 e. The van der Waals surface area contributed by atoms with Crippen LogP contribution in [0.3, 0.4) is 0 Å². The Labute approximate surface area is 202 Å². The van der Waals surface area contributed by atoms with Crippen molar-refractivity contribution >= 4 is 29.3 Å². The average molecular weight is 476 g/mol. The van der Waals surface area contributed by atoms with E-state index in [1.807, 2.05) is 38.1 Å². The van der Waals surface area contributed by atoms with Gasteiger partial charge < -0.3 is 20.3 Å². The van der Waals surface area contributed by atoms with Crippen LogP contribution in [0.5, 0.6) is 0 Å². The molecule has 0 aliphatic carbocycles. The first-order chi connectivity index (χ1) is 16.8. The van der Waals surface area contributed by atoms with E-state index in [0.717, 1.165) is 16.7 Å². The van der Waals surface area contributed by atoms with Crippen molar-refractivity contribution in [2.75, 3.05) is 17.7 Å². The first-order valence-electron chi connectivity index (χ1n) is 11.2. The fourth-order valence-electron chi connectivity index (χ4n) is 4.23. The second-order valence-electron chi connectivity index (χ2n) is 8.68. The number of nitrogens with zero attached hydrogens (tertiary/aromatic N) is 1. The van der Waals surface area contributed by atoms with Crippen LogP contribution in [0.15, 0.2) is 66.7 Å². The lowest BCUT2D eigenvalue weighted by Gasteiger charge is -2.28. The van der Waals surface area contributed by atoms with Crippen molar-refractivity contribution < 1.29 is 23.5 Å². The number of nitrogens with one attached hydrogen (secondary N) is 2. The van der Waals surface area contributed by atoms with E-state index < -0.39 is 23.9 Å². The van der Waals surface area contributed by atoms with Crippen molar-refractivity contribution in [1.82, 2.24) is 4.90 Å². The summed E-state index contributed by atoms with van der Waals surface area (Å²) >= 11 is 0. The van der Waals surface area contributed by atoms with E-state index in [2.05, 4.69) is 10.6 Å². The molecule has 8 heteroatoms. The van der Waals surface area contributed by atoms with Crippen LogP contribution in [-0.4, -0.2) is 36.0 Å². The molecule has 35 heavy (non-hydrogen) atoms. The number of ether oxygens (including phenoxy) is 1. The lowest BCUT2D eigenvalue weighted by molar-refractivity contribution is -0.147. The van der Waals surface area contributed by atoms with Crippen molar-refractivity contribution in [3.8, 4) is 11.1 Å². The average Bonchev–Trinajstić information content (AvgIpc) is 3.14. The van der Waals surface area contributed by atoms with Gasteiger partial charge in [-0.05, 0) is 65.1 Å². The van der Waals surface area contributed by atoms with E-state index >= 15 is 0 Å². The molecule has 2 N–H and O–H groups in total. The molecule has 1 aliphatic heterocycles. The summed E-state index contributed by atoms with van der Waals surface area (Å²) in [6.45, 7) is 4.11. The Balaban J connectivity index is 1.46. The van der Waals surface area contributed by atoms with E-state index in [4.69, 9.17) is 4.74 Å². The minimum atomic E-state index is -0.646. The molecule has 180 valence electrons. The summed E-state index contributed by atoms with van der Waals surface area (Å²) in [4.78, 5) is 39.0. The van der Waals surface area contributed by atoms with Gasteiger partial charge in [0.15, 0.2) is 0 Å². The number of halogens is 1. The molecule has 0 radical (unpaired) electrons. The van der Waals surface area contributed by atoms with Gasteiger partial charge in [-0.3, -0.25) is 4.79 Å². The van der Waals surface area contributed by atoms with Crippen LogP contribution in [-0.2, 0) is 16.1 Å². The molecule has 7 nitrogen and oxygen atoms in total. The SMILES string of the molecule is COC(=O)[C@H](C(C)C)N1Cc2cc(-c3ccc(NC(=O)Nc4cccc(F)c4)cc3)ccc2C1=O. The predicted molar refractivity (Wildman–Crippen MR) is 131 cm³/mol. The highest BCUT2D eigenvalue weighted by Gasteiger charge is 2.38. The second kappa shape index (κ2) is 9.97. The number of carbonyl (C=O) groups excluding carboxylic acids is 3. The lowest BCUT2D eigenvalue weighted by atomic mass is 10.0. The molecule has 1 aliphatic rings. The maximum Gasteiger partial charge on any atom is 0.328 e. The number of hydrogen-bond acceptors (Lipinski definition) is 4. The molecule has 0 aromatic heterocycles. The molecule has 0 saturated heterocycles. The van der Waals surface area contributed by atoms with Crippen molar-refractivity contribution in [3.63, 3.8) is 0 Å². The first-order valence-corrected chi connectivity index (χ1v) is 11.2. The summed E-state index contributed by atoms with van der Waals surface area (Å²) in [5, 5.41) is 5.30. The summed E-state index contributed by atoms with van der Waals surface area (Å²) in [6, 6.07) is 17.3. The molecule has 0 bridgehead atoms. The summed E-state index contributed by atoms with van der Waals surface area (Å²) in [7, 11) is 1.33. The van der Waals surface area contributed by atoms with Crippen LogP contribution < -0.4 is 10.6 Å². The normalized spacial score (nSPS) is 13.4. The molecule has 3 aromatic rings. The third-order valence-corrected chi connectivity index (χ3v) is 5.91. The van der Waals surface area contributed by atoms with E-state index in [1.165, 1.54) is 25.3 Å². The number of amides is 3. The minimum absolute atomic E-state index is 0.0849. The summed E-state index contributed by atoms with van der Waals surface area (Å²) in [6.07, 6.45) is 0. The fourth-order valence-corrected chi connectivity index (χ4v) is 4.23. The number of benzene rings is 3. The molecule has 1 heterocycles. The number of esters is 1. The Hall–Kier alpha value is -4.20. The molecule has 0 saturated carbocycles. The monoisotopic (exact) mass is 475 g/mol. The van der Waals surface area contributed by atoms with E-state index in [9.17, 15) is 18.8 Å². The number of hydrogen-bond donors (Lipinski definition) is 2. The Bertz CT molecular complexity index is 1270. The van der Waals surface area contributed by atoms with Gasteiger partial charge in [0.2, 0.25) is 0 Å². The number of urea groups is 1. The van der Waals surface area contributed by atoms with E-state index in [1.54, 1.807) is 29.2 Å². The molecular formula is C27H26FN3O4. The number of methoxy groups -OCH3 is 1. The molecule has 3 aromatic carbocycles. The highest BCUT2D eigenvalue weighted by Crippen LogP contribution is 2.32. The second-order valence-corrected chi connectivity index (χ2v) is 8.68.